The second-order valence-electron chi connectivity index (χ2n) is 3.06. The van der Waals surface area contributed by atoms with Gasteiger partial charge in [-0.05, 0) is 0 Å². The van der Waals surface area contributed by atoms with Gasteiger partial charge in [0, 0.05) is 6.54 Å². The number of primary amides is 1. The SMILES string of the molecule is NC(=O)COCCNc1ncnc(Cl)c1[N+](=O)[O-]. The molecule has 1 heterocycles. The molecular formula is C8H10ClN5O4. The number of anilines is 1. The van der Waals surface area contributed by atoms with Crippen LogP contribution in [0.25, 0.3) is 0 Å². The van der Waals surface area contributed by atoms with Crippen molar-refractivity contribution < 1.29 is 14.5 Å². The topological polar surface area (TPSA) is 133 Å². The largest absolute Gasteiger partial charge is 0.370 e. The third-order valence-corrected chi connectivity index (χ3v) is 2.02. The zero-order valence-electron chi connectivity index (χ0n) is 9.13. The summed E-state index contributed by atoms with van der Waals surface area (Å²) in [5, 5.41) is 13.1. The van der Waals surface area contributed by atoms with E-state index in [4.69, 9.17) is 22.1 Å². The van der Waals surface area contributed by atoms with Crippen LogP contribution in [0.5, 0.6) is 0 Å². The maximum Gasteiger partial charge on any atom is 0.348 e. The van der Waals surface area contributed by atoms with Crippen LogP contribution in [0.15, 0.2) is 6.33 Å². The third kappa shape index (κ3) is 4.11. The van der Waals surface area contributed by atoms with Gasteiger partial charge in [-0.15, -0.1) is 0 Å². The van der Waals surface area contributed by atoms with E-state index in [1.165, 1.54) is 0 Å². The van der Waals surface area contributed by atoms with E-state index in [0.717, 1.165) is 6.33 Å². The van der Waals surface area contributed by atoms with Gasteiger partial charge in [0.15, 0.2) is 0 Å². The molecule has 9 nitrogen and oxygen atoms in total. The second kappa shape index (κ2) is 6.67. The molecule has 1 aromatic heterocycles. The lowest BCUT2D eigenvalue weighted by molar-refractivity contribution is -0.384. The minimum atomic E-state index is -0.686. The van der Waals surface area contributed by atoms with Gasteiger partial charge >= 0.3 is 5.69 Å². The summed E-state index contributed by atoms with van der Waals surface area (Å²) >= 11 is 5.58. The van der Waals surface area contributed by atoms with E-state index in [2.05, 4.69) is 15.3 Å². The van der Waals surface area contributed by atoms with Crippen molar-refractivity contribution >= 4 is 29.0 Å². The predicted molar refractivity (Wildman–Crippen MR) is 62.2 cm³/mol. The fourth-order valence-electron chi connectivity index (χ4n) is 1.06. The van der Waals surface area contributed by atoms with E-state index in [1.54, 1.807) is 0 Å². The lowest BCUT2D eigenvalue weighted by Gasteiger charge is -2.06. The quantitative estimate of drug-likeness (QED) is 0.308. The normalized spacial score (nSPS) is 10.1. The molecule has 1 rings (SSSR count). The molecule has 0 bridgehead atoms. The molecule has 98 valence electrons. The molecule has 0 aliphatic heterocycles. The summed E-state index contributed by atoms with van der Waals surface area (Å²) in [6, 6.07) is 0. The third-order valence-electron chi connectivity index (χ3n) is 1.74. The Balaban J connectivity index is 2.54. The zero-order chi connectivity index (χ0) is 13.5. The maximum absolute atomic E-state index is 10.7. The number of aromatic nitrogens is 2. The predicted octanol–water partition coefficient (Wildman–Crippen LogP) is -0.0480. The molecule has 1 amide bonds. The van der Waals surface area contributed by atoms with Crippen molar-refractivity contribution in [3.63, 3.8) is 0 Å². The zero-order valence-corrected chi connectivity index (χ0v) is 9.88. The van der Waals surface area contributed by atoms with Crippen LogP contribution in [0, 0.1) is 10.1 Å². The van der Waals surface area contributed by atoms with Crippen LogP contribution in [-0.4, -0.2) is 40.6 Å². The van der Waals surface area contributed by atoms with Crippen LogP contribution in [-0.2, 0) is 9.53 Å². The number of rotatable bonds is 7. The highest BCUT2D eigenvalue weighted by Gasteiger charge is 2.20. The van der Waals surface area contributed by atoms with Crippen LogP contribution < -0.4 is 11.1 Å². The number of nitrogens with two attached hydrogens (primary N) is 1. The Labute approximate surface area is 106 Å². The minimum absolute atomic E-state index is 0.0114. The summed E-state index contributed by atoms with van der Waals surface area (Å²) in [6.45, 7) is 0.136. The smallest absolute Gasteiger partial charge is 0.348 e. The van der Waals surface area contributed by atoms with Gasteiger partial charge in [-0.1, -0.05) is 11.6 Å². The van der Waals surface area contributed by atoms with Gasteiger partial charge in [0.1, 0.15) is 12.9 Å². The van der Waals surface area contributed by atoms with Gasteiger partial charge < -0.3 is 15.8 Å². The Bertz CT molecular complexity index is 455. The molecule has 3 N–H and O–H groups in total. The summed E-state index contributed by atoms with van der Waals surface area (Å²) in [5.41, 5.74) is 4.45. The first-order valence-electron chi connectivity index (χ1n) is 4.77. The summed E-state index contributed by atoms with van der Waals surface area (Å²) in [5.74, 6) is -0.603. The first-order chi connectivity index (χ1) is 8.52. The molecule has 0 aliphatic rings. The van der Waals surface area contributed by atoms with Crippen molar-refractivity contribution in [1.29, 1.82) is 0 Å². The summed E-state index contributed by atoms with van der Waals surface area (Å²) < 4.78 is 4.86. The fourth-order valence-corrected chi connectivity index (χ4v) is 1.26. The Morgan fingerprint density at radius 1 is 1.61 bits per heavy atom. The summed E-state index contributed by atoms with van der Waals surface area (Å²) in [7, 11) is 0. The minimum Gasteiger partial charge on any atom is -0.370 e. The van der Waals surface area contributed by atoms with E-state index in [1.807, 2.05) is 0 Å². The highest BCUT2D eigenvalue weighted by Crippen LogP contribution is 2.27. The lowest BCUT2D eigenvalue weighted by Crippen LogP contribution is -2.21. The Morgan fingerprint density at radius 3 is 2.94 bits per heavy atom. The average Bonchev–Trinajstić information content (AvgIpc) is 2.27. The summed E-state index contributed by atoms with van der Waals surface area (Å²) in [4.78, 5) is 27.6. The lowest BCUT2D eigenvalue weighted by atomic mass is 10.4. The first kappa shape index (κ1) is 14.1. The Hall–Kier alpha value is -2.00. The van der Waals surface area contributed by atoms with Gasteiger partial charge in [0.25, 0.3) is 0 Å². The molecule has 0 radical (unpaired) electrons. The molecule has 1 aromatic rings. The van der Waals surface area contributed by atoms with E-state index in [-0.39, 0.29) is 30.7 Å². The van der Waals surface area contributed by atoms with Crippen LogP contribution in [0.4, 0.5) is 11.5 Å². The van der Waals surface area contributed by atoms with Crippen molar-refractivity contribution in [2.24, 2.45) is 5.73 Å². The van der Waals surface area contributed by atoms with Gasteiger partial charge in [-0.2, -0.15) is 0 Å². The molecule has 10 heteroatoms. The van der Waals surface area contributed by atoms with E-state index >= 15 is 0 Å². The fraction of sp³-hybridized carbons (Fsp3) is 0.375. The maximum atomic E-state index is 10.7. The molecule has 0 fully saturated rings. The standard InChI is InChI=1S/C8H10ClN5O4/c9-7-6(14(16)17)8(13-4-12-7)11-1-2-18-3-5(10)15/h4H,1-3H2,(H2,10,15)(H,11,12,13). The molecule has 0 aromatic carbocycles. The van der Waals surface area contributed by atoms with Gasteiger partial charge in [-0.25, -0.2) is 9.97 Å². The number of carbonyl (C=O) groups excluding carboxylic acids is 1. The number of ether oxygens (including phenoxy) is 1. The molecule has 0 unspecified atom stereocenters. The van der Waals surface area contributed by atoms with E-state index < -0.39 is 16.5 Å². The number of nitrogens with one attached hydrogen (secondary N) is 1. The Kier molecular flexibility index (Phi) is 5.21. The van der Waals surface area contributed by atoms with Crippen LogP contribution in [0.2, 0.25) is 5.15 Å². The Morgan fingerprint density at radius 2 is 2.33 bits per heavy atom. The van der Waals surface area contributed by atoms with Crippen molar-refractivity contribution in [3.05, 3.63) is 21.6 Å². The van der Waals surface area contributed by atoms with E-state index in [9.17, 15) is 14.9 Å². The van der Waals surface area contributed by atoms with Crippen LogP contribution >= 0.6 is 11.6 Å². The van der Waals surface area contributed by atoms with Gasteiger partial charge in [-0.3, -0.25) is 14.9 Å². The van der Waals surface area contributed by atoms with Crippen molar-refractivity contribution in [3.8, 4) is 0 Å². The second-order valence-corrected chi connectivity index (χ2v) is 3.42. The molecule has 0 spiro atoms. The van der Waals surface area contributed by atoms with Crippen molar-refractivity contribution in [2.75, 3.05) is 25.1 Å². The molecule has 0 aliphatic carbocycles. The monoisotopic (exact) mass is 275 g/mol. The number of nitrogens with zero attached hydrogens (tertiary/aromatic N) is 3. The molecule has 0 saturated carbocycles. The number of halogens is 1. The van der Waals surface area contributed by atoms with Gasteiger partial charge in [0.05, 0.1) is 11.5 Å². The highest BCUT2D eigenvalue weighted by atomic mass is 35.5. The number of carbonyl (C=O) groups is 1. The first-order valence-corrected chi connectivity index (χ1v) is 5.15. The molecule has 18 heavy (non-hydrogen) atoms. The summed E-state index contributed by atoms with van der Waals surface area (Å²) in [6.07, 6.45) is 1.10. The number of hydrogen-bond donors (Lipinski definition) is 2. The van der Waals surface area contributed by atoms with Crippen LogP contribution in [0.3, 0.4) is 0 Å². The number of nitro groups is 1. The van der Waals surface area contributed by atoms with E-state index in [0.29, 0.717) is 0 Å². The number of hydrogen-bond acceptors (Lipinski definition) is 7. The van der Waals surface area contributed by atoms with Gasteiger partial charge in [0.2, 0.25) is 16.9 Å². The molecule has 0 saturated heterocycles. The number of amides is 1. The average molecular weight is 276 g/mol. The molecule has 0 atom stereocenters. The van der Waals surface area contributed by atoms with Crippen molar-refractivity contribution in [2.45, 2.75) is 0 Å². The van der Waals surface area contributed by atoms with Crippen molar-refractivity contribution in [1.82, 2.24) is 9.97 Å². The highest BCUT2D eigenvalue weighted by molar-refractivity contribution is 6.31. The van der Waals surface area contributed by atoms with Crippen LogP contribution in [0.1, 0.15) is 0 Å². The molecular weight excluding hydrogens is 266 g/mol.